The van der Waals surface area contributed by atoms with Gasteiger partial charge >= 0.3 is 0 Å². The van der Waals surface area contributed by atoms with Crippen molar-refractivity contribution in [1.82, 2.24) is 20.2 Å². The zero-order valence-electron chi connectivity index (χ0n) is 11.8. The molecule has 0 spiro atoms. The molecule has 6 heteroatoms. The Morgan fingerprint density at radius 1 is 1.55 bits per heavy atom. The van der Waals surface area contributed by atoms with Crippen LogP contribution < -0.4 is 10.6 Å². The van der Waals surface area contributed by atoms with E-state index < -0.39 is 0 Å². The number of hydrogen-bond acceptors (Lipinski definition) is 4. The minimum atomic E-state index is -0.170. The Kier molecular flexibility index (Phi) is 3.76. The van der Waals surface area contributed by atoms with E-state index in [0.717, 1.165) is 32.4 Å². The number of carbonyl (C=O) groups excluding carboxylic acids is 1. The van der Waals surface area contributed by atoms with Crippen molar-refractivity contribution in [2.24, 2.45) is 0 Å². The molecule has 1 aliphatic carbocycles. The summed E-state index contributed by atoms with van der Waals surface area (Å²) in [7, 11) is 0. The van der Waals surface area contributed by atoms with Gasteiger partial charge in [-0.1, -0.05) is 0 Å². The van der Waals surface area contributed by atoms with Crippen LogP contribution >= 0.6 is 0 Å². The largest absolute Gasteiger partial charge is 0.363 e. The normalized spacial score (nSPS) is 28.1. The van der Waals surface area contributed by atoms with Crippen LogP contribution in [0.1, 0.15) is 32.2 Å². The molecule has 1 aromatic heterocycles. The van der Waals surface area contributed by atoms with Gasteiger partial charge in [0.1, 0.15) is 6.61 Å². The third-order valence-electron chi connectivity index (χ3n) is 4.28. The first kappa shape index (κ1) is 13.6. The van der Waals surface area contributed by atoms with E-state index in [-0.39, 0.29) is 24.2 Å². The van der Waals surface area contributed by atoms with Crippen LogP contribution in [0.5, 0.6) is 0 Å². The molecule has 0 bridgehead atoms. The third-order valence-corrected chi connectivity index (χ3v) is 4.28. The molecule has 6 nitrogen and oxygen atoms in total. The predicted octanol–water partition coefficient (Wildman–Crippen LogP) is 0.471. The maximum absolute atomic E-state index is 12.0. The number of carbonyl (C=O) groups is 1. The molecule has 1 aromatic rings. The highest BCUT2D eigenvalue weighted by Crippen LogP contribution is 2.29. The van der Waals surface area contributed by atoms with Crippen molar-refractivity contribution in [2.75, 3.05) is 19.7 Å². The van der Waals surface area contributed by atoms with Crippen molar-refractivity contribution in [3.05, 3.63) is 18.7 Å². The Bertz CT molecular complexity index is 456. The van der Waals surface area contributed by atoms with Crippen molar-refractivity contribution < 1.29 is 9.53 Å². The molecule has 2 unspecified atom stereocenters. The van der Waals surface area contributed by atoms with Gasteiger partial charge < -0.3 is 19.9 Å². The van der Waals surface area contributed by atoms with E-state index in [2.05, 4.69) is 20.2 Å². The van der Waals surface area contributed by atoms with E-state index >= 15 is 0 Å². The topological polar surface area (TPSA) is 68.2 Å². The van der Waals surface area contributed by atoms with Gasteiger partial charge in [-0.25, -0.2) is 4.98 Å². The first-order valence-electron chi connectivity index (χ1n) is 7.28. The van der Waals surface area contributed by atoms with Crippen LogP contribution in [-0.4, -0.2) is 46.8 Å². The molecular weight excluding hydrogens is 256 g/mol. The molecule has 0 aromatic carbocycles. The predicted molar refractivity (Wildman–Crippen MR) is 74.3 cm³/mol. The maximum atomic E-state index is 12.0. The minimum Gasteiger partial charge on any atom is -0.363 e. The van der Waals surface area contributed by atoms with Crippen molar-refractivity contribution in [3.63, 3.8) is 0 Å². The summed E-state index contributed by atoms with van der Waals surface area (Å²) in [4.78, 5) is 16.1. The smallest absolute Gasteiger partial charge is 0.246 e. The average molecular weight is 278 g/mol. The molecule has 1 saturated heterocycles. The molecular formula is C14H22N4O2. The van der Waals surface area contributed by atoms with Gasteiger partial charge in [-0.3, -0.25) is 4.79 Å². The fraction of sp³-hybridized carbons (Fsp3) is 0.714. The van der Waals surface area contributed by atoms with E-state index in [9.17, 15) is 4.79 Å². The summed E-state index contributed by atoms with van der Waals surface area (Å²) in [6.45, 7) is 3.81. The van der Waals surface area contributed by atoms with Crippen LogP contribution in [0.3, 0.4) is 0 Å². The fourth-order valence-electron chi connectivity index (χ4n) is 3.00. The lowest BCUT2D eigenvalue weighted by Crippen LogP contribution is -2.59. The molecule has 2 N–H and O–H groups in total. The number of imidazole rings is 1. The average Bonchev–Trinajstić information content (AvgIpc) is 3.04. The summed E-state index contributed by atoms with van der Waals surface area (Å²) in [5.74, 6) is -0.0184. The van der Waals surface area contributed by atoms with Gasteiger partial charge in [0.25, 0.3) is 0 Å². The lowest BCUT2D eigenvalue weighted by Gasteiger charge is -2.38. The van der Waals surface area contributed by atoms with Crippen LogP contribution in [-0.2, 0) is 9.53 Å². The van der Waals surface area contributed by atoms with Gasteiger partial charge in [-0.2, -0.15) is 0 Å². The summed E-state index contributed by atoms with van der Waals surface area (Å²) in [6.07, 6.45) is 8.82. The van der Waals surface area contributed by atoms with E-state index in [1.54, 1.807) is 6.20 Å². The van der Waals surface area contributed by atoms with Gasteiger partial charge in [0, 0.05) is 31.5 Å². The number of nitrogens with zero attached hydrogens (tertiary/aromatic N) is 2. The zero-order valence-corrected chi connectivity index (χ0v) is 11.8. The molecule has 110 valence electrons. The number of amides is 1. The van der Waals surface area contributed by atoms with Crippen molar-refractivity contribution in [3.8, 4) is 0 Å². The standard InChI is InChI=1S/C14H22N4O2/c1-14(8-16-9-14)20-7-13(19)17-11-3-2-4-12(11)18-6-5-15-10-18/h5-6,10-12,16H,2-4,7-9H2,1H3,(H,17,19). The van der Waals surface area contributed by atoms with E-state index in [1.165, 1.54) is 0 Å². The lowest BCUT2D eigenvalue weighted by molar-refractivity contribution is -0.136. The number of ether oxygens (including phenoxy) is 1. The number of rotatable bonds is 5. The van der Waals surface area contributed by atoms with Gasteiger partial charge in [-0.15, -0.1) is 0 Å². The van der Waals surface area contributed by atoms with Crippen molar-refractivity contribution in [1.29, 1.82) is 0 Å². The van der Waals surface area contributed by atoms with Crippen LogP contribution in [0, 0.1) is 0 Å². The monoisotopic (exact) mass is 278 g/mol. The molecule has 1 saturated carbocycles. The summed E-state index contributed by atoms with van der Waals surface area (Å²) in [5, 5.41) is 6.26. The second-order valence-corrected chi connectivity index (χ2v) is 6.02. The van der Waals surface area contributed by atoms with Crippen LogP contribution in [0.2, 0.25) is 0 Å². The fourth-order valence-corrected chi connectivity index (χ4v) is 3.00. The SMILES string of the molecule is CC1(OCC(=O)NC2CCCC2n2ccnc2)CNC1. The summed E-state index contributed by atoms with van der Waals surface area (Å²) in [6, 6.07) is 0.509. The highest BCUT2D eigenvalue weighted by atomic mass is 16.5. The number of aromatic nitrogens is 2. The van der Waals surface area contributed by atoms with Crippen molar-refractivity contribution in [2.45, 2.75) is 43.9 Å². The van der Waals surface area contributed by atoms with Crippen molar-refractivity contribution >= 4 is 5.91 Å². The Labute approximate surface area is 118 Å². The molecule has 1 aliphatic heterocycles. The molecule has 0 radical (unpaired) electrons. The number of hydrogen-bond donors (Lipinski definition) is 2. The molecule has 3 rings (SSSR count). The van der Waals surface area contributed by atoms with Gasteiger partial charge in [0.15, 0.2) is 0 Å². The highest BCUT2D eigenvalue weighted by molar-refractivity contribution is 5.77. The van der Waals surface area contributed by atoms with Crippen LogP contribution in [0.25, 0.3) is 0 Å². The van der Waals surface area contributed by atoms with Crippen LogP contribution in [0.4, 0.5) is 0 Å². The van der Waals surface area contributed by atoms with E-state index in [0.29, 0.717) is 6.04 Å². The highest BCUT2D eigenvalue weighted by Gasteiger charge is 2.34. The minimum absolute atomic E-state index is 0.0184. The lowest BCUT2D eigenvalue weighted by atomic mass is 10.0. The maximum Gasteiger partial charge on any atom is 0.246 e. The molecule has 2 atom stereocenters. The van der Waals surface area contributed by atoms with Gasteiger partial charge in [-0.05, 0) is 26.2 Å². The Morgan fingerprint density at radius 3 is 3.05 bits per heavy atom. The summed E-state index contributed by atoms with van der Waals surface area (Å²) >= 11 is 0. The van der Waals surface area contributed by atoms with E-state index in [1.807, 2.05) is 19.4 Å². The summed E-state index contributed by atoms with van der Waals surface area (Å²) < 4.78 is 7.76. The molecule has 2 heterocycles. The first-order chi connectivity index (χ1) is 9.66. The van der Waals surface area contributed by atoms with Crippen LogP contribution in [0.15, 0.2) is 18.7 Å². The molecule has 2 fully saturated rings. The zero-order chi connectivity index (χ0) is 14.0. The third kappa shape index (κ3) is 2.86. The molecule has 1 amide bonds. The van der Waals surface area contributed by atoms with E-state index in [4.69, 9.17) is 4.74 Å². The first-order valence-corrected chi connectivity index (χ1v) is 7.28. The summed E-state index contributed by atoms with van der Waals surface area (Å²) in [5.41, 5.74) is -0.170. The second-order valence-electron chi connectivity index (χ2n) is 6.02. The van der Waals surface area contributed by atoms with Gasteiger partial charge in [0.2, 0.25) is 5.91 Å². The Balaban J connectivity index is 1.50. The second kappa shape index (κ2) is 5.54. The number of nitrogens with one attached hydrogen (secondary N) is 2. The molecule has 20 heavy (non-hydrogen) atoms. The van der Waals surface area contributed by atoms with Gasteiger partial charge in [0.05, 0.1) is 18.0 Å². The Morgan fingerprint density at radius 2 is 2.40 bits per heavy atom. The Hall–Kier alpha value is -1.40. The quantitative estimate of drug-likeness (QED) is 0.821. The molecule has 2 aliphatic rings.